The van der Waals surface area contributed by atoms with Gasteiger partial charge in [0, 0.05) is 63.0 Å². The maximum Gasteiger partial charge on any atom is 0.225 e. The first-order valence-electron chi connectivity index (χ1n) is 11.1. The number of nitrogens with one attached hydrogen (secondary N) is 2. The molecule has 0 bridgehead atoms. The molecule has 2 saturated heterocycles. The van der Waals surface area contributed by atoms with Gasteiger partial charge in [-0.05, 0) is 32.6 Å². The Morgan fingerprint density at radius 3 is 2.66 bits per heavy atom. The maximum absolute atomic E-state index is 12.2. The SMILES string of the molecule is CCNC(=NCCc1csc(N2CCCC2)n1)NC1CCN(C(=O)C(C)C)CC1. The van der Waals surface area contributed by atoms with Gasteiger partial charge in [0.15, 0.2) is 11.1 Å². The van der Waals surface area contributed by atoms with Gasteiger partial charge < -0.3 is 20.4 Å². The van der Waals surface area contributed by atoms with Gasteiger partial charge in [-0.25, -0.2) is 4.98 Å². The third kappa shape index (κ3) is 6.32. The van der Waals surface area contributed by atoms with Crippen molar-refractivity contribution in [2.24, 2.45) is 10.9 Å². The minimum Gasteiger partial charge on any atom is -0.357 e. The standard InChI is InChI=1S/C21H36N6OS/c1-4-22-20(24-17-8-13-26(14-9-17)19(28)16(2)3)23-10-7-18-15-29-21(25-18)27-11-5-6-12-27/h15-17H,4-14H2,1-3H3,(H2,22,23,24). The van der Waals surface area contributed by atoms with E-state index in [0.717, 1.165) is 75.3 Å². The molecule has 0 spiro atoms. The van der Waals surface area contributed by atoms with E-state index in [1.165, 1.54) is 12.8 Å². The smallest absolute Gasteiger partial charge is 0.225 e. The van der Waals surface area contributed by atoms with Gasteiger partial charge in [-0.1, -0.05) is 13.8 Å². The second kappa shape index (κ2) is 10.8. The van der Waals surface area contributed by atoms with Crippen molar-refractivity contribution in [3.8, 4) is 0 Å². The quantitative estimate of drug-likeness (QED) is 0.524. The van der Waals surface area contributed by atoms with Crippen molar-refractivity contribution >= 4 is 28.3 Å². The van der Waals surface area contributed by atoms with E-state index in [-0.39, 0.29) is 11.8 Å². The molecule has 3 heterocycles. The van der Waals surface area contributed by atoms with Crippen LogP contribution in [-0.2, 0) is 11.2 Å². The summed E-state index contributed by atoms with van der Waals surface area (Å²) in [6.45, 7) is 11.5. The Labute approximate surface area is 179 Å². The molecule has 29 heavy (non-hydrogen) atoms. The predicted octanol–water partition coefficient (Wildman–Crippen LogP) is 2.49. The maximum atomic E-state index is 12.2. The highest BCUT2D eigenvalue weighted by Crippen LogP contribution is 2.24. The fourth-order valence-corrected chi connectivity index (χ4v) is 4.78. The van der Waals surface area contributed by atoms with Crippen LogP contribution < -0.4 is 15.5 Å². The van der Waals surface area contributed by atoms with Gasteiger partial charge in [-0.3, -0.25) is 9.79 Å². The highest BCUT2D eigenvalue weighted by molar-refractivity contribution is 7.13. The molecule has 7 nitrogen and oxygen atoms in total. The summed E-state index contributed by atoms with van der Waals surface area (Å²) in [5.74, 6) is 1.21. The topological polar surface area (TPSA) is 72.9 Å². The summed E-state index contributed by atoms with van der Waals surface area (Å²) in [4.78, 5) is 26.1. The van der Waals surface area contributed by atoms with E-state index in [1.54, 1.807) is 11.3 Å². The van der Waals surface area contributed by atoms with Crippen LogP contribution in [0.1, 0.15) is 52.1 Å². The van der Waals surface area contributed by atoms with E-state index < -0.39 is 0 Å². The van der Waals surface area contributed by atoms with Crippen molar-refractivity contribution in [3.05, 3.63) is 11.1 Å². The molecule has 1 amide bonds. The first-order chi connectivity index (χ1) is 14.1. The average molecular weight is 421 g/mol. The van der Waals surface area contributed by atoms with Crippen molar-refractivity contribution in [2.75, 3.05) is 44.2 Å². The molecule has 162 valence electrons. The number of likely N-dealkylation sites (tertiary alicyclic amines) is 1. The second-order valence-electron chi connectivity index (χ2n) is 8.22. The molecule has 1 aromatic rings. The number of hydrogen-bond donors (Lipinski definition) is 2. The monoisotopic (exact) mass is 420 g/mol. The van der Waals surface area contributed by atoms with Gasteiger partial charge >= 0.3 is 0 Å². The Hall–Kier alpha value is -1.83. The number of thiazole rings is 1. The summed E-state index contributed by atoms with van der Waals surface area (Å²) in [7, 11) is 0. The van der Waals surface area contributed by atoms with Crippen LogP contribution >= 0.6 is 11.3 Å². The van der Waals surface area contributed by atoms with Gasteiger partial charge in [0.25, 0.3) is 0 Å². The Morgan fingerprint density at radius 1 is 1.28 bits per heavy atom. The third-order valence-corrected chi connectivity index (χ3v) is 6.49. The molecule has 0 atom stereocenters. The molecule has 2 N–H and O–H groups in total. The van der Waals surface area contributed by atoms with Crippen molar-refractivity contribution < 1.29 is 4.79 Å². The van der Waals surface area contributed by atoms with Gasteiger partial charge in [-0.2, -0.15) is 0 Å². The number of aromatic nitrogens is 1. The molecule has 0 unspecified atom stereocenters. The number of guanidine groups is 1. The molecule has 0 saturated carbocycles. The van der Waals surface area contributed by atoms with E-state index in [2.05, 4.69) is 27.8 Å². The third-order valence-electron chi connectivity index (χ3n) is 5.54. The molecule has 8 heteroatoms. The van der Waals surface area contributed by atoms with Gasteiger partial charge in [0.2, 0.25) is 5.91 Å². The number of carbonyl (C=O) groups excluding carboxylic acids is 1. The number of rotatable bonds is 7. The molecule has 0 aliphatic carbocycles. The van der Waals surface area contributed by atoms with Gasteiger partial charge in [0.05, 0.1) is 5.69 Å². The highest BCUT2D eigenvalue weighted by Gasteiger charge is 2.24. The number of amides is 1. The average Bonchev–Trinajstić information content (AvgIpc) is 3.40. The molecule has 2 aliphatic heterocycles. The van der Waals surface area contributed by atoms with E-state index in [9.17, 15) is 4.79 Å². The Balaban J connectivity index is 1.46. The molecule has 2 fully saturated rings. The molecule has 2 aliphatic rings. The Bertz CT molecular complexity index is 674. The lowest BCUT2D eigenvalue weighted by Gasteiger charge is -2.34. The predicted molar refractivity (Wildman–Crippen MR) is 121 cm³/mol. The number of nitrogens with zero attached hydrogens (tertiary/aromatic N) is 4. The molecular weight excluding hydrogens is 384 g/mol. The van der Waals surface area contributed by atoms with Crippen LogP contribution in [0.5, 0.6) is 0 Å². The highest BCUT2D eigenvalue weighted by atomic mass is 32.1. The van der Waals surface area contributed by atoms with Crippen molar-refractivity contribution in [2.45, 2.75) is 58.9 Å². The molecule has 3 rings (SSSR count). The minimum atomic E-state index is 0.0788. The number of hydrogen-bond acceptors (Lipinski definition) is 5. The normalized spacial score (nSPS) is 18.6. The van der Waals surface area contributed by atoms with Crippen LogP contribution in [0.3, 0.4) is 0 Å². The van der Waals surface area contributed by atoms with E-state index in [1.807, 2.05) is 18.7 Å². The number of carbonyl (C=O) groups is 1. The summed E-state index contributed by atoms with van der Waals surface area (Å²) in [6, 6.07) is 0.366. The van der Waals surface area contributed by atoms with Gasteiger partial charge in [-0.15, -0.1) is 11.3 Å². The van der Waals surface area contributed by atoms with Crippen molar-refractivity contribution in [3.63, 3.8) is 0 Å². The summed E-state index contributed by atoms with van der Waals surface area (Å²) >= 11 is 1.75. The lowest BCUT2D eigenvalue weighted by atomic mass is 10.0. The van der Waals surface area contributed by atoms with Crippen LogP contribution in [0.15, 0.2) is 10.4 Å². The summed E-state index contributed by atoms with van der Waals surface area (Å²) in [6.07, 6.45) is 5.35. The van der Waals surface area contributed by atoms with E-state index >= 15 is 0 Å². The first kappa shape index (κ1) is 21.9. The summed E-state index contributed by atoms with van der Waals surface area (Å²) in [5.41, 5.74) is 1.14. The Kier molecular flexibility index (Phi) is 8.15. The first-order valence-corrected chi connectivity index (χ1v) is 12.0. The number of anilines is 1. The molecule has 1 aromatic heterocycles. The zero-order valence-corrected chi connectivity index (χ0v) is 18.9. The largest absolute Gasteiger partial charge is 0.357 e. The molecule has 0 radical (unpaired) electrons. The van der Waals surface area contributed by atoms with Crippen LogP contribution in [0.25, 0.3) is 0 Å². The fraction of sp³-hybridized carbons (Fsp3) is 0.762. The summed E-state index contributed by atoms with van der Waals surface area (Å²) in [5, 5.41) is 10.2. The fourth-order valence-electron chi connectivity index (χ4n) is 3.87. The second-order valence-corrected chi connectivity index (χ2v) is 9.06. The zero-order valence-electron chi connectivity index (χ0n) is 18.1. The summed E-state index contributed by atoms with van der Waals surface area (Å²) < 4.78 is 0. The van der Waals surface area contributed by atoms with Crippen LogP contribution in [0, 0.1) is 5.92 Å². The lowest BCUT2D eigenvalue weighted by Crippen LogP contribution is -2.50. The van der Waals surface area contributed by atoms with E-state index in [4.69, 9.17) is 9.98 Å². The minimum absolute atomic E-state index is 0.0788. The number of aliphatic imine (C=N–C) groups is 1. The van der Waals surface area contributed by atoms with E-state index in [0.29, 0.717) is 6.04 Å². The Morgan fingerprint density at radius 2 is 2.00 bits per heavy atom. The van der Waals surface area contributed by atoms with Crippen LogP contribution in [0.4, 0.5) is 5.13 Å². The molecular formula is C21H36N6OS. The van der Waals surface area contributed by atoms with Crippen LogP contribution in [0.2, 0.25) is 0 Å². The van der Waals surface area contributed by atoms with Crippen molar-refractivity contribution in [1.29, 1.82) is 0 Å². The van der Waals surface area contributed by atoms with Crippen LogP contribution in [-0.4, -0.2) is 67.1 Å². The lowest BCUT2D eigenvalue weighted by molar-refractivity contribution is -0.135. The zero-order chi connectivity index (χ0) is 20.6. The number of piperidine rings is 1. The van der Waals surface area contributed by atoms with Gasteiger partial charge in [0.1, 0.15) is 0 Å². The van der Waals surface area contributed by atoms with Crippen molar-refractivity contribution in [1.82, 2.24) is 20.5 Å². The molecule has 0 aromatic carbocycles.